The second-order valence-electron chi connectivity index (χ2n) is 11.9. The largest absolute Gasteiger partial charge is 0.405 e. The first kappa shape index (κ1) is 32.8. The van der Waals surface area contributed by atoms with Crippen LogP contribution in [0.25, 0.3) is 0 Å². The van der Waals surface area contributed by atoms with E-state index in [1.54, 1.807) is 0 Å². The van der Waals surface area contributed by atoms with Crippen molar-refractivity contribution in [2.24, 2.45) is 0 Å². The number of allylic oxidation sites excluding steroid dienone is 4. The first-order chi connectivity index (χ1) is 18.9. The number of hydrogen-bond acceptors (Lipinski definition) is 2. The van der Waals surface area contributed by atoms with Crippen LogP contribution in [0, 0.1) is 11.3 Å². The van der Waals surface area contributed by atoms with Gasteiger partial charge in [-0.25, -0.2) is 0 Å². The summed E-state index contributed by atoms with van der Waals surface area (Å²) in [5.74, 6) is 0. The molecule has 3 heteroatoms. The Hall–Kier alpha value is -2.41. The van der Waals surface area contributed by atoms with Crippen LogP contribution in [0.1, 0.15) is 111 Å². The summed E-state index contributed by atoms with van der Waals surface area (Å²) in [7, 11) is -2.46. The molecule has 0 bridgehead atoms. The first-order valence-corrected chi connectivity index (χ1v) is 17.3. The lowest BCUT2D eigenvalue weighted by atomic mass is 10.1. The minimum Gasteiger partial charge on any atom is -0.405 e. The van der Waals surface area contributed by atoms with E-state index < -0.39 is 8.32 Å². The second kappa shape index (κ2) is 18.8. The Bertz CT molecular complexity index is 945. The maximum Gasteiger partial charge on any atom is 0.261 e. The molecule has 212 valence electrons. The van der Waals surface area contributed by atoms with Gasteiger partial charge in [-0.3, -0.25) is 0 Å². The highest BCUT2D eigenvalue weighted by Crippen LogP contribution is 2.37. The molecular formula is C36H53NOSi. The number of hydrogen-bond donors (Lipinski definition) is 0. The zero-order valence-corrected chi connectivity index (χ0v) is 26.2. The molecule has 39 heavy (non-hydrogen) atoms. The van der Waals surface area contributed by atoms with Crippen LogP contribution >= 0.6 is 0 Å². The van der Waals surface area contributed by atoms with Crippen molar-refractivity contribution in [3.8, 4) is 6.07 Å². The molecule has 0 saturated heterocycles. The summed E-state index contributed by atoms with van der Waals surface area (Å²) in [5, 5.41) is 11.3. The summed E-state index contributed by atoms with van der Waals surface area (Å²) in [6.45, 7) is 9.33. The molecule has 0 aromatic heterocycles. The Labute approximate surface area is 241 Å². The van der Waals surface area contributed by atoms with E-state index in [1.165, 1.54) is 61.7 Å². The molecule has 0 aliphatic carbocycles. The highest BCUT2D eigenvalue weighted by atomic mass is 28.4. The summed E-state index contributed by atoms with van der Waals surface area (Å²) in [5.41, 5.74) is 0. The lowest BCUT2D eigenvalue weighted by molar-refractivity contribution is 0.194. The van der Waals surface area contributed by atoms with Crippen LogP contribution in [0.4, 0.5) is 0 Å². The summed E-state index contributed by atoms with van der Waals surface area (Å²) >= 11 is 0. The number of unbranched alkanes of at least 4 members (excludes halogenated alkanes) is 9. The third-order valence-corrected chi connectivity index (χ3v) is 12.7. The Morgan fingerprint density at radius 2 is 1.13 bits per heavy atom. The van der Waals surface area contributed by atoms with E-state index >= 15 is 0 Å². The maximum absolute atomic E-state index is 8.54. The third kappa shape index (κ3) is 11.7. The second-order valence-corrected chi connectivity index (χ2v) is 16.1. The molecule has 0 radical (unpaired) electrons. The van der Waals surface area contributed by atoms with E-state index in [0.717, 1.165) is 25.7 Å². The average molecular weight is 544 g/mol. The quantitative estimate of drug-likeness (QED) is 0.100. The van der Waals surface area contributed by atoms with Crippen LogP contribution in [0.2, 0.25) is 5.04 Å². The number of nitriles is 1. The zero-order chi connectivity index (χ0) is 28.2. The van der Waals surface area contributed by atoms with Gasteiger partial charge in [0, 0.05) is 12.5 Å². The van der Waals surface area contributed by atoms with Crippen LogP contribution in [0.15, 0.2) is 85.0 Å². The number of nitrogens with zero attached hydrogens (tertiary/aromatic N) is 1. The van der Waals surface area contributed by atoms with E-state index in [1.807, 2.05) is 0 Å². The van der Waals surface area contributed by atoms with Gasteiger partial charge in [0.15, 0.2) is 0 Å². The summed E-state index contributed by atoms with van der Waals surface area (Å²) in [4.78, 5) is 0. The van der Waals surface area contributed by atoms with Gasteiger partial charge in [0.2, 0.25) is 0 Å². The molecule has 0 heterocycles. The molecule has 0 spiro atoms. The predicted molar refractivity (Wildman–Crippen MR) is 172 cm³/mol. The SMILES string of the molecule is CC(CCC/C=C\CCCCCCC/C=C\CCCC#N)O[Si](c1ccccc1)(c1ccccc1)C(C)(C)C. The van der Waals surface area contributed by atoms with E-state index in [4.69, 9.17) is 9.69 Å². The average Bonchev–Trinajstić information content (AvgIpc) is 2.93. The van der Waals surface area contributed by atoms with Crippen molar-refractivity contribution in [2.75, 3.05) is 0 Å². The van der Waals surface area contributed by atoms with E-state index in [2.05, 4.69) is 119 Å². The molecule has 0 fully saturated rings. The van der Waals surface area contributed by atoms with Gasteiger partial charge in [0.25, 0.3) is 8.32 Å². The fourth-order valence-corrected chi connectivity index (χ4v) is 10.1. The summed E-state index contributed by atoms with van der Waals surface area (Å²) in [6.07, 6.45) is 24.6. The standard InChI is InChI=1S/C36H53NOSi/c1-33(27-21-17-15-13-11-9-7-5-6-8-10-12-14-16-18-26-32-37)38-39(36(2,3)4,34-28-22-19-23-29-34)35-30-24-20-25-31-35/h12-15,19-20,22-25,28-31,33H,5-11,16-18,21,26-27H2,1-4H3/b14-12-,15-13-. The van der Waals surface area contributed by atoms with Crippen molar-refractivity contribution in [3.63, 3.8) is 0 Å². The smallest absolute Gasteiger partial charge is 0.261 e. The molecule has 0 saturated carbocycles. The van der Waals surface area contributed by atoms with Crippen molar-refractivity contribution in [2.45, 2.75) is 122 Å². The van der Waals surface area contributed by atoms with Crippen LogP contribution in [-0.2, 0) is 4.43 Å². The van der Waals surface area contributed by atoms with E-state index in [0.29, 0.717) is 6.42 Å². The van der Waals surface area contributed by atoms with Crippen molar-refractivity contribution in [3.05, 3.63) is 85.0 Å². The van der Waals surface area contributed by atoms with Gasteiger partial charge in [0.05, 0.1) is 6.07 Å². The van der Waals surface area contributed by atoms with Crippen molar-refractivity contribution < 1.29 is 4.43 Å². The van der Waals surface area contributed by atoms with Gasteiger partial charge in [-0.15, -0.1) is 0 Å². The van der Waals surface area contributed by atoms with Gasteiger partial charge >= 0.3 is 0 Å². The minimum absolute atomic E-state index is 0.0269. The predicted octanol–water partition coefficient (Wildman–Crippen LogP) is 9.66. The van der Waals surface area contributed by atoms with E-state index in [9.17, 15) is 0 Å². The molecule has 2 nitrogen and oxygen atoms in total. The van der Waals surface area contributed by atoms with Crippen LogP contribution in [0.5, 0.6) is 0 Å². The zero-order valence-electron chi connectivity index (χ0n) is 25.2. The Balaban J connectivity index is 1.71. The molecule has 0 N–H and O–H groups in total. The molecule has 0 aliphatic heterocycles. The lowest BCUT2D eigenvalue weighted by Crippen LogP contribution is -2.67. The van der Waals surface area contributed by atoms with Crippen molar-refractivity contribution >= 4 is 18.7 Å². The fourth-order valence-electron chi connectivity index (χ4n) is 5.40. The summed E-state index contributed by atoms with van der Waals surface area (Å²) < 4.78 is 7.20. The Morgan fingerprint density at radius 3 is 1.59 bits per heavy atom. The molecule has 2 rings (SSSR count). The highest BCUT2D eigenvalue weighted by Gasteiger charge is 2.50. The van der Waals surface area contributed by atoms with Gasteiger partial charge in [0.1, 0.15) is 0 Å². The summed E-state index contributed by atoms with van der Waals surface area (Å²) in [6, 6.07) is 24.1. The van der Waals surface area contributed by atoms with Gasteiger partial charge in [-0.1, -0.05) is 125 Å². The topological polar surface area (TPSA) is 33.0 Å². The first-order valence-electron chi connectivity index (χ1n) is 15.4. The minimum atomic E-state index is -2.46. The van der Waals surface area contributed by atoms with Crippen molar-refractivity contribution in [1.29, 1.82) is 5.26 Å². The number of benzene rings is 2. The Morgan fingerprint density at radius 1 is 0.692 bits per heavy atom. The molecular weight excluding hydrogens is 490 g/mol. The highest BCUT2D eigenvalue weighted by molar-refractivity contribution is 6.99. The maximum atomic E-state index is 8.54. The van der Waals surface area contributed by atoms with Crippen LogP contribution in [-0.4, -0.2) is 14.4 Å². The van der Waals surface area contributed by atoms with Crippen molar-refractivity contribution in [1.82, 2.24) is 0 Å². The molecule has 0 aliphatic rings. The molecule has 1 atom stereocenters. The normalized spacial score (nSPS) is 13.2. The molecule has 1 unspecified atom stereocenters. The Kier molecular flexibility index (Phi) is 15.8. The molecule has 0 amide bonds. The van der Waals surface area contributed by atoms with Gasteiger partial charge in [-0.05, 0) is 80.1 Å². The fraction of sp³-hybridized carbons (Fsp3) is 0.528. The van der Waals surface area contributed by atoms with Gasteiger partial charge < -0.3 is 4.43 Å². The molecule has 2 aromatic carbocycles. The monoisotopic (exact) mass is 543 g/mol. The van der Waals surface area contributed by atoms with Crippen LogP contribution < -0.4 is 10.4 Å². The third-order valence-electron chi connectivity index (χ3n) is 7.51. The van der Waals surface area contributed by atoms with Crippen LogP contribution in [0.3, 0.4) is 0 Å². The molecule has 2 aromatic rings. The van der Waals surface area contributed by atoms with Gasteiger partial charge in [-0.2, -0.15) is 5.26 Å². The lowest BCUT2D eigenvalue weighted by Gasteiger charge is -2.44. The van der Waals surface area contributed by atoms with E-state index in [-0.39, 0.29) is 11.1 Å². The number of rotatable bonds is 19.